The van der Waals surface area contributed by atoms with E-state index in [1.54, 1.807) is 16.9 Å². The first-order chi connectivity index (χ1) is 17.5. The van der Waals surface area contributed by atoms with Crippen molar-refractivity contribution in [3.63, 3.8) is 0 Å². The Bertz CT molecular complexity index is 1180. The molecule has 0 unspecified atom stereocenters. The molecule has 2 aromatic rings. The summed E-state index contributed by atoms with van der Waals surface area (Å²) in [4.78, 5) is 35.9. The molecule has 1 amide bonds. The summed E-state index contributed by atoms with van der Waals surface area (Å²) in [5.41, 5.74) is -2.93. The molecule has 2 N–H and O–H groups in total. The Hall–Kier alpha value is -3.36. The molecule has 37 heavy (non-hydrogen) atoms. The van der Waals surface area contributed by atoms with Crippen LogP contribution in [-0.4, -0.2) is 76.4 Å². The monoisotopic (exact) mass is 531 g/mol. The van der Waals surface area contributed by atoms with Gasteiger partial charge >= 0.3 is 6.18 Å². The SMILES string of the molecule is C[C@@H](COCCC(=O)N1CCN(c2ncc3c(n2)CCC3(F)F)CC1)Nc1cn[nH]c(=O)c1C(F)(F)F. The number of alkyl halides is 5. The van der Waals surface area contributed by atoms with E-state index in [1.165, 1.54) is 6.20 Å². The van der Waals surface area contributed by atoms with Crippen LogP contribution in [0.3, 0.4) is 0 Å². The Morgan fingerprint density at radius 1 is 1.24 bits per heavy atom. The Kier molecular flexibility index (Phi) is 7.62. The first-order valence-corrected chi connectivity index (χ1v) is 11.7. The molecular weight excluding hydrogens is 505 g/mol. The number of anilines is 2. The number of aryl methyl sites for hydroxylation is 1. The van der Waals surface area contributed by atoms with Crippen molar-refractivity contribution in [3.05, 3.63) is 39.6 Å². The van der Waals surface area contributed by atoms with E-state index in [2.05, 4.69) is 20.4 Å². The maximum atomic E-state index is 13.8. The quantitative estimate of drug-likeness (QED) is 0.394. The summed E-state index contributed by atoms with van der Waals surface area (Å²) >= 11 is 0. The van der Waals surface area contributed by atoms with Crippen LogP contribution < -0.4 is 15.8 Å². The van der Waals surface area contributed by atoms with Gasteiger partial charge in [0.2, 0.25) is 11.9 Å². The van der Waals surface area contributed by atoms with Crippen LogP contribution in [0.1, 0.15) is 36.6 Å². The molecule has 1 saturated heterocycles. The fourth-order valence-electron chi connectivity index (χ4n) is 4.29. The van der Waals surface area contributed by atoms with Crippen molar-refractivity contribution in [2.24, 2.45) is 0 Å². The number of hydrogen-bond acceptors (Lipinski definition) is 8. The van der Waals surface area contributed by atoms with Gasteiger partial charge in [-0.2, -0.15) is 18.3 Å². The summed E-state index contributed by atoms with van der Waals surface area (Å²) in [6, 6.07) is -0.587. The summed E-state index contributed by atoms with van der Waals surface area (Å²) in [6.07, 6.45) is -2.76. The number of nitrogens with zero attached hydrogens (tertiary/aromatic N) is 5. The van der Waals surface area contributed by atoms with E-state index in [4.69, 9.17) is 4.74 Å². The second-order valence-corrected chi connectivity index (χ2v) is 8.96. The standard InChI is InChI=1S/C22H26F5N7O3/c1-13(30-16-11-29-32-19(36)18(16)22(25,26)27)12-37-9-3-17(35)33-5-7-34(8-6-33)20-28-10-14-15(31-20)2-4-21(14,23)24/h10-11,13H,2-9,12H2,1H3,(H2,30,32,36)/t13-/m0/s1. The highest BCUT2D eigenvalue weighted by atomic mass is 19.4. The zero-order valence-electron chi connectivity index (χ0n) is 19.9. The fourth-order valence-corrected chi connectivity index (χ4v) is 4.29. The molecule has 1 aliphatic carbocycles. The van der Waals surface area contributed by atoms with Gasteiger partial charge in [-0.15, -0.1) is 0 Å². The van der Waals surface area contributed by atoms with Crippen LogP contribution in [0.5, 0.6) is 0 Å². The van der Waals surface area contributed by atoms with Crippen molar-refractivity contribution in [3.8, 4) is 0 Å². The highest BCUT2D eigenvalue weighted by Crippen LogP contribution is 2.40. The van der Waals surface area contributed by atoms with E-state index < -0.39 is 35.0 Å². The van der Waals surface area contributed by atoms with Gasteiger partial charge in [0.25, 0.3) is 11.5 Å². The second-order valence-electron chi connectivity index (χ2n) is 8.96. The minimum absolute atomic E-state index is 0.000132. The van der Waals surface area contributed by atoms with Crippen LogP contribution in [0.2, 0.25) is 0 Å². The molecule has 4 rings (SSSR count). The van der Waals surface area contributed by atoms with Crippen LogP contribution >= 0.6 is 0 Å². The zero-order valence-corrected chi connectivity index (χ0v) is 19.9. The van der Waals surface area contributed by atoms with Gasteiger partial charge in [0.15, 0.2) is 0 Å². The fraction of sp³-hybridized carbons (Fsp3) is 0.591. The molecule has 10 nitrogen and oxygen atoms in total. The van der Waals surface area contributed by atoms with Gasteiger partial charge in [0.1, 0.15) is 5.56 Å². The van der Waals surface area contributed by atoms with E-state index >= 15 is 0 Å². The lowest BCUT2D eigenvalue weighted by molar-refractivity contribution is -0.138. The molecule has 0 spiro atoms. The van der Waals surface area contributed by atoms with Gasteiger partial charge in [-0.25, -0.2) is 23.8 Å². The van der Waals surface area contributed by atoms with Gasteiger partial charge < -0.3 is 19.9 Å². The number of amides is 1. The minimum atomic E-state index is -4.85. The van der Waals surface area contributed by atoms with E-state index in [0.717, 1.165) is 6.20 Å². The van der Waals surface area contributed by atoms with E-state index in [-0.39, 0.29) is 43.9 Å². The van der Waals surface area contributed by atoms with Crippen molar-refractivity contribution in [2.45, 2.75) is 44.3 Å². The number of hydrogen-bond donors (Lipinski definition) is 2. The average Bonchev–Trinajstić information content (AvgIpc) is 3.15. The third-order valence-corrected chi connectivity index (χ3v) is 6.21. The molecular formula is C22H26F5N7O3. The zero-order chi connectivity index (χ0) is 26.8. The lowest BCUT2D eigenvalue weighted by Crippen LogP contribution is -2.49. The minimum Gasteiger partial charge on any atom is -0.379 e. The van der Waals surface area contributed by atoms with E-state index in [0.29, 0.717) is 37.8 Å². The molecule has 1 aliphatic heterocycles. The van der Waals surface area contributed by atoms with Crippen LogP contribution in [0, 0.1) is 0 Å². The number of piperazine rings is 1. The topological polar surface area (TPSA) is 116 Å². The normalized spacial score (nSPS) is 18.0. The molecule has 1 fully saturated rings. The summed E-state index contributed by atoms with van der Waals surface area (Å²) in [5, 5.41) is 7.73. The molecule has 0 aromatic carbocycles. The number of aromatic amines is 1. The largest absolute Gasteiger partial charge is 0.423 e. The molecule has 0 saturated carbocycles. The number of rotatable bonds is 8. The number of fused-ring (bicyclic) bond motifs is 1. The van der Waals surface area contributed by atoms with Gasteiger partial charge in [-0.1, -0.05) is 0 Å². The molecule has 3 heterocycles. The number of aromatic nitrogens is 4. The lowest BCUT2D eigenvalue weighted by Gasteiger charge is -2.35. The lowest BCUT2D eigenvalue weighted by atomic mass is 10.2. The van der Waals surface area contributed by atoms with Gasteiger partial charge in [0.05, 0.1) is 42.8 Å². The first kappa shape index (κ1) is 26.7. The first-order valence-electron chi connectivity index (χ1n) is 11.7. The van der Waals surface area contributed by atoms with Crippen LogP contribution in [0.4, 0.5) is 33.6 Å². The summed E-state index contributed by atoms with van der Waals surface area (Å²) in [7, 11) is 0. The van der Waals surface area contributed by atoms with E-state index in [9.17, 15) is 31.5 Å². The predicted molar refractivity (Wildman–Crippen MR) is 121 cm³/mol. The van der Waals surface area contributed by atoms with Crippen LogP contribution in [-0.2, 0) is 28.1 Å². The van der Waals surface area contributed by atoms with Crippen molar-refractivity contribution in [2.75, 3.05) is 49.6 Å². The van der Waals surface area contributed by atoms with Gasteiger partial charge in [0, 0.05) is 44.8 Å². The number of carbonyl (C=O) groups excluding carboxylic acids is 1. The number of carbonyl (C=O) groups is 1. The third kappa shape index (κ3) is 6.14. The Balaban J connectivity index is 1.19. The maximum absolute atomic E-state index is 13.8. The number of H-pyrrole nitrogens is 1. The van der Waals surface area contributed by atoms with Crippen molar-refractivity contribution in [1.29, 1.82) is 0 Å². The Morgan fingerprint density at radius 3 is 2.68 bits per heavy atom. The van der Waals surface area contributed by atoms with Crippen LogP contribution in [0.25, 0.3) is 0 Å². The van der Waals surface area contributed by atoms with Crippen molar-refractivity contribution in [1.82, 2.24) is 25.1 Å². The number of nitrogens with one attached hydrogen (secondary N) is 2. The van der Waals surface area contributed by atoms with Gasteiger partial charge in [-0.05, 0) is 13.3 Å². The average molecular weight is 531 g/mol. The molecule has 1 atom stereocenters. The molecule has 15 heteroatoms. The van der Waals surface area contributed by atoms with E-state index in [1.807, 2.05) is 4.90 Å². The van der Waals surface area contributed by atoms with Crippen molar-refractivity contribution < 1.29 is 31.5 Å². The molecule has 2 aliphatic rings. The Morgan fingerprint density at radius 2 is 1.97 bits per heavy atom. The number of halogens is 5. The smallest absolute Gasteiger partial charge is 0.379 e. The van der Waals surface area contributed by atoms with Gasteiger partial charge in [-0.3, -0.25) is 9.59 Å². The predicted octanol–water partition coefficient (Wildman–Crippen LogP) is 2.17. The highest BCUT2D eigenvalue weighted by Gasteiger charge is 2.41. The molecule has 0 bridgehead atoms. The highest BCUT2D eigenvalue weighted by molar-refractivity contribution is 5.76. The molecule has 2 aromatic heterocycles. The maximum Gasteiger partial charge on any atom is 0.423 e. The molecule has 0 radical (unpaired) electrons. The third-order valence-electron chi connectivity index (χ3n) is 6.21. The van der Waals surface area contributed by atoms with Crippen LogP contribution in [0.15, 0.2) is 17.2 Å². The van der Waals surface area contributed by atoms with Crippen molar-refractivity contribution >= 4 is 17.5 Å². The molecule has 202 valence electrons. The summed E-state index contributed by atoms with van der Waals surface area (Å²) in [5.74, 6) is -2.66. The second kappa shape index (κ2) is 10.6. The Labute approximate surface area is 208 Å². The number of ether oxygens (including phenoxy) is 1. The summed E-state index contributed by atoms with van der Waals surface area (Å²) in [6.45, 7) is 3.35. The summed E-state index contributed by atoms with van der Waals surface area (Å²) < 4.78 is 72.4.